The fourth-order valence-corrected chi connectivity index (χ4v) is 2.40. The Labute approximate surface area is 147 Å². The highest BCUT2D eigenvalue weighted by atomic mass is 16.5. The Hall–Kier alpha value is -3.15. The first-order valence-corrected chi connectivity index (χ1v) is 8.09. The second-order valence-electron chi connectivity index (χ2n) is 5.71. The molecule has 0 spiro atoms. The minimum Gasteiger partial charge on any atom is -0.497 e. The largest absolute Gasteiger partial charge is 0.497 e. The molecule has 0 saturated heterocycles. The monoisotopic (exact) mass is 335 g/mol. The fourth-order valence-electron chi connectivity index (χ4n) is 2.40. The molecule has 3 rings (SSSR count). The summed E-state index contributed by atoms with van der Waals surface area (Å²) in [5.74, 6) is 2.02. The number of benzene rings is 2. The van der Waals surface area contributed by atoms with Crippen molar-refractivity contribution < 1.29 is 4.74 Å². The number of methoxy groups -OCH3 is 1. The van der Waals surface area contributed by atoms with E-state index in [1.165, 1.54) is 11.1 Å². The molecule has 1 aromatic heterocycles. The molecule has 0 aliphatic heterocycles. The predicted octanol–water partition coefficient (Wildman–Crippen LogP) is 3.41. The summed E-state index contributed by atoms with van der Waals surface area (Å²) >= 11 is 0. The van der Waals surface area contributed by atoms with Crippen molar-refractivity contribution in [2.24, 2.45) is 0 Å². The van der Waals surface area contributed by atoms with Gasteiger partial charge < -0.3 is 15.4 Å². The van der Waals surface area contributed by atoms with Crippen LogP contribution in [0.4, 0.5) is 11.8 Å². The van der Waals surface area contributed by atoms with Crippen molar-refractivity contribution in [2.45, 2.75) is 20.0 Å². The zero-order chi connectivity index (χ0) is 17.5. The van der Waals surface area contributed by atoms with Gasteiger partial charge in [0.2, 0.25) is 5.95 Å². The van der Waals surface area contributed by atoms with Gasteiger partial charge >= 0.3 is 0 Å². The molecule has 2 N–H and O–H groups in total. The van der Waals surface area contributed by atoms with Gasteiger partial charge in [-0.15, -0.1) is 5.10 Å². The molecule has 6 nitrogen and oxygen atoms in total. The molecular formula is C19H21N5O. The van der Waals surface area contributed by atoms with Gasteiger partial charge in [-0.2, -0.15) is 10.1 Å². The molecule has 0 saturated carbocycles. The van der Waals surface area contributed by atoms with Crippen LogP contribution in [0.5, 0.6) is 5.75 Å². The predicted molar refractivity (Wildman–Crippen MR) is 98.7 cm³/mol. The molecule has 0 amide bonds. The summed E-state index contributed by atoms with van der Waals surface area (Å²) in [6.45, 7) is 3.39. The highest BCUT2D eigenvalue weighted by Gasteiger charge is 2.02. The molecule has 0 atom stereocenters. The molecule has 1 heterocycles. The topological polar surface area (TPSA) is 72.0 Å². The fraction of sp³-hybridized carbons (Fsp3) is 0.211. The van der Waals surface area contributed by atoms with Gasteiger partial charge in [-0.05, 0) is 30.2 Å². The number of ether oxygens (including phenoxy) is 1. The van der Waals surface area contributed by atoms with Crippen LogP contribution in [-0.4, -0.2) is 22.3 Å². The Morgan fingerprint density at radius 2 is 1.76 bits per heavy atom. The molecule has 0 aliphatic carbocycles. The first kappa shape index (κ1) is 16.7. The summed E-state index contributed by atoms with van der Waals surface area (Å²) in [7, 11) is 1.65. The maximum absolute atomic E-state index is 5.16. The zero-order valence-corrected chi connectivity index (χ0v) is 14.4. The summed E-state index contributed by atoms with van der Waals surface area (Å²) in [6.07, 6.45) is 1.62. The zero-order valence-electron chi connectivity index (χ0n) is 14.4. The summed E-state index contributed by atoms with van der Waals surface area (Å²) in [6, 6.07) is 16.2. The van der Waals surface area contributed by atoms with Crippen molar-refractivity contribution in [3.8, 4) is 5.75 Å². The van der Waals surface area contributed by atoms with Crippen LogP contribution in [0.2, 0.25) is 0 Å². The number of nitrogens with one attached hydrogen (secondary N) is 2. The average molecular weight is 335 g/mol. The van der Waals surface area contributed by atoms with E-state index >= 15 is 0 Å². The van der Waals surface area contributed by atoms with Crippen LogP contribution < -0.4 is 15.4 Å². The van der Waals surface area contributed by atoms with Gasteiger partial charge in [0.15, 0.2) is 5.82 Å². The van der Waals surface area contributed by atoms with E-state index in [2.05, 4.69) is 50.9 Å². The van der Waals surface area contributed by atoms with Gasteiger partial charge in [0, 0.05) is 13.1 Å². The van der Waals surface area contributed by atoms with E-state index in [-0.39, 0.29) is 0 Å². The van der Waals surface area contributed by atoms with Crippen molar-refractivity contribution >= 4 is 11.8 Å². The molecule has 3 aromatic rings. The van der Waals surface area contributed by atoms with E-state index in [1.807, 2.05) is 30.3 Å². The van der Waals surface area contributed by atoms with Crippen LogP contribution in [0.15, 0.2) is 54.7 Å². The minimum atomic E-state index is 0.491. The van der Waals surface area contributed by atoms with Crippen molar-refractivity contribution in [3.05, 3.63) is 71.4 Å². The van der Waals surface area contributed by atoms with E-state index in [9.17, 15) is 0 Å². The van der Waals surface area contributed by atoms with Gasteiger partial charge in [-0.3, -0.25) is 0 Å². The van der Waals surface area contributed by atoms with E-state index in [0.29, 0.717) is 24.9 Å². The highest BCUT2D eigenvalue weighted by Crippen LogP contribution is 2.13. The molecular weight excluding hydrogens is 314 g/mol. The van der Waals surface area contributed by atoms with Crippen molar-refractivity contribution in [2.75, 3.05) is 17.7 Å². The molecule has 0 unspecified atom stereocenters. The first-order chi connectivity index (χ1) is 12.2. The third-order valence-electron chi connectivity index (χ3n) is 3.72. The van der Waals surface area contributed by atoms with E-state index < -0.39 is 0 Å². The smallest absolute Gasteiger partial charge is 0.244 e. The van der Waals surface area contributed by atoms with E-state index in [4.69, 9.17) is 4.74 Å². The maximum Gasteiger partial charge on any atom is 0.244 e. The van der Waals surface area contributed by atoms with Gasteiger partial charge in [0.1, 0.15) is 5.75 Å². The summed E-state index contributed by atoms with van der Waals surface area (Å²) in [4.78, 5) is 4.44. The molecule has 6 heteroatoms. The Bertz CT molecular complexity index is 820. The molecule has 25 heavy (non-hydrogen) atoms. The lowest BCUT2D eigenvalue weighted by Crippen LogP contribution is -2.08. The third kappa shape index (κ3) is 4.91. The van der Waals surface area contributed by atoms with Gasteiger partial charge in [0.25, 0.3) is 0 Å². The van der Waals surface area contributed by atoms with Gasteiger partial charge in [-0.1, -0.05) is 42.0 Å². The molecule has 0 bridgehead atoms. The highest BCUT2D eigenvalue weighted by molar-refractivity contribution is 5.39. The number of hydrogen-bond donors (Lipinski definition) is 2. The van der Waals surface area contributed by atoms with Crippen molar-refractivity contribution in [1.82, 2.24) is 15.2 Å². The van der Waals surface area contributed by atoms with Crippen molar-refractivity contribution in [1.29, 1.82) is 0 Å². The van der Waals surface area contributed by atoms with Gasteiger partial charge in [0.05, 0.1) is 13.3 Å². The van der Waals surface area contributed by atoms with Crippen LogP contribution in [0, 0.1) is 6.92 Å². The van der Waals surface area contributed by atoms with Crippen LogP contribution in [0.25, 0.3) is 0 Å². The van der Waals surface area contributed by atoms with Crippen molar-refractivity contribution in [3.63, 3.8) is 0 Å². The third-order valence-corrected chi connectivity index (χ3v) is 3.72. The van der Waals surface area contributed by atoms with Crippen LogP contribution in [0.3, 0.4) is 0 Å². The lowest BCUT2D eigenvalue weighted by atomic mass is 10.1. The Morgan fingerprint density at radius 1 is 0.960 bits per heavy atom. The molecule has 2 aromatic carbocycles. The molecule has 0 radical (unpaired) electrons. The molecule has 128 valence electrons. The lowest BCUT2D eigenvalue weighted by molar-refractivity contribution is 0.414. The SMILES string of the molecule is COc1ccc(CNc2nncc(NCc3cccc(C)c3)n2)cc1. The summed E-state index contributed by atoms with van der Waals surface area (Å²) < 4.78 is 5.16. The second kappa shape index (κ2) is 8.10. The number of aryl methyl sites for hydroxylation is 1. The summed E-state index contributed by atoms with van der Waals surface area (Å²) in [5.41, 5.74) is 3.55. The Morgan fingerprint density at radius 3 is 2.52 bits per heavy atom. The van der Waals surface area contributed by atoms with Crippen LogP contribution in [-0.2, 0) is 13.1 Å². The van der Waals surface area contributed by atoms with E-state index in [1.54, 1.807) is 13.3 Å². The molecule has 0 fully saturated rings. The number of aromatic nitrogens is 3. The first-order valence-electron chi connectivity index (χ1n) is 8.09. The number of hydrogen-bond acceptors (Lipinski definition) is 6. The summed E-state index contributed by atoms with van der Waals surface area (Å²) in [5, 5.41) is 14.5. The standard InChI is InChI=1S/C19H21N5O/c1-14-4-3-5-16(10-14)12-20-18-13-22-24-19(23-18)21-11-15-6-8-17(25-2)9-7-15/h3-10,13H,11-12H2,1-2H3,(H2,20,21,23,24). The average Bonchev–Trinajstić information content (AvgIpc) is 2.65. The number of nitrogens with zero attached hydrogens (tertiary/aromatic N) is 3. The quantitative estimate of drug-likeness (QED) is 0.689. The lowest BCUT2D eigenvalue weighted by Gasteiger charge is -2.08. The van der Waals surface area contributed by atoms with Crippen LogP contribution >= 0.6 is 0 Å². The number of anilines is 2. The molecule has 0 aliphatic rings. The van der Waals surface area contributed by atoms with Crippen LogP contribution in [0.1, 0.15) is 16.7 Å². The normalized spacial score (nSPS) is 10.3. The van der Waals surface area contributed by atoms with Gasteiger partial charge in [-0.25, -0.2) is 0 Å². The minimum absolute atomic E-state index is 0.491. The number of rotatable bonds is 7. The van der Waals surface area contributed by atoms with E-state index in [0.717, 1.165) is 11.3 Å². The maximum atomic E-state index is 5.16. The Kier molecular flexibility index (Phi) is 5.41. The second-order valence-corrected chi connectivity index (χ2v) is 5.71. The Balaban J connectivity index is 1.57.